The van der Waals surface area contributed by atoms with Crippen molar-refractivity contribution in [2.75, 3.05) is 23.9 Å². The van der Waals surface area contributed by atoms with Gasteiger partial charge in [0.25, 0.3) is 0 Å². The molecule has 1 atom stereocenters. The van der Waals surface area contributed by atoms with Crippen LogP contribution in [0.3, 0.4) is 0 Å². The number of anilines is 1. The molecule has 1 rings (SSSR count). The van der Waals surface area contributed by atoms with Gasteiger partial charge in [-0.2, -0.15) is 11.8 Å². The molecule has 1 aromatic rings. The minimum atomic E-state index is 0.202. The van der Waals surface area contributed by atoms with Crippen molar-refractivity contribution >= 4 is 33.5 Å². The Morgan fingerprint density at radius 3 is 2.94 bits per heavy atom. The van der Waals surface area contributed by atoms with Crippen LogP contribution in [0.15, 0.2) is 16.7 Å². The molecule has 0 amide bonds. The molecular weight excluding hydrogens is 288 g/mol. The maximum atomic E-state index is 8.98. The SMILES string of the molecule is CSCC(CCO)Nc1ncc(Br)cc1C. The summed E-state index contributed by atoms with van der Waals surface area (Å²) in [7, 11) is 0. The van der Waals surface area contributed by atoms with Gasteiger partial charge in [0.1, 0.15) is 5.82 Å². The summed E-state index contributed by atoms with van der Waals surface area (Å²) in [5.74, 6) is 1.87. The Balaban J connectivity index is 2.68. The van der Waals surface area contributed by atoms with Crippen molar-refractivity contribution in [1.29, 1.82) is 0 Å². The van der Waals surface area contributed by atoms with Crippen LogP contribution in [0.25, 0.3) is 0 Å². The Hall–Kier alpha value is -0.260. The third-order valence-corrected chi connectivity index (χ3v) is 3.40. The van der Waals surface area contributed by atoms with E-state index in [2.05, 4.69) is 32.5 Å². The highest BCUT2D eigenvalue weighted by molar-refractivity contribution is 9.10. The monoisotopic (exact) mass is 304 g/mol. The van der Waals surface area contributed by atoms with Crippen molar-refractivity contribution in [3.63, 3.8) is 0 Å². The Morgan fingerprint density at radius 1 is 1.62 bits per heavy atom. The highest BCUT2D eigenvalue weighted by Gasteiger charge is 2.09. The van der Waals surface area contributed by atoms with E-state index in [9.17, 15) is 0 Å². The van der Waals surface area contributed by atoms with Crippen LogP contribution >= 0.6 is 27.7 Å². The van der Waals surface area contributed by atoms with E-state index >= 15 is 0 Å². The molecule has 1 heterocycles. The van der Waals surface area contributed by atoms with Gasteiger partial charge >= 0.3 is 0 Å². The van der Waals surface area contributed by atoms with Gasteiger partial charge in [0.2, 0.25) is 0 Å². The molecule has 0 spiro atoms. The zero-order chi connectivity index (χ0) is 12.0. The van der Waals surface area contributed by atoms with Crippen LogP contribution < -0.4 is 5.32 Å². The van der Waals surface area contributed by atoms with E-state index in [4.69, 9.17) is 5.11 Å². The minimum absolute atomic E-state index is 0.202. The molecule has 5 heteroatoms. The summed E-state index contributed by atoms with van der Waals surface area (Å²) in [6.45, 7) is 2.23. The van der Waals surface area contributed by atoms with Crippen LogP contribution in [0.2, 0.25) is 0 Å². The summed E-state index contributed by atoms with van der Waals surface area (Å²) < 4.78 is 0.985. The molecule has 90 valence electrons. The molecule has 16 heavy (non-hydrogen) atoms. The smallest absolute Gasteiger partial charge is 0.129 e. The van der Waals surface area contributed by atoms with Crippen LogP contribution in [0.4, 0.5) is 5.82 Å². The summed E-state index contributed by atoms with van der Waals surface area (Å²) in [5.41, 5.74) is 1.11. The average Bonchev–Trinajstić information content (AvgIpc) is 2.23. The number of aliphatic hydroxyl groups excluding tert-OH is 1. The highest BCUT2D eigenvalue weighted by atomic mass is 79.9. The van der Waals surface area contributed by atoms with Gasteiger partial charge in [0, 0.05) is 29.1 Å². The Morgan fingerprint density at radius 2 is 2.38 bits per heavy atom. The van der Waals surface area contributed by atoms with E-state index in [0.717, 1.165) is 28.0 Å². The second-order valence-electron chi connectivity index (χ2n) is 3.63. The molecule has 0 aliphatic heterocycles. The number of aryl methyl sites for hydroxylation is 1. The predicted octanol–water partition coefficient (Wildman–Crippen LogP) is 2.68. The van der Waals surface area contributed by atoms with Gasteiger partial charge in [-0.15, -0.1) is 0 Å². The fourth-order valence-electron chi connectivity index (χ4n) is 1.44. The van der Waals surface area contributed by atoms with Crippen molar-refractivity contribution in [3.05, 3.63) is 22.3 Å². The third-order valence-electron chi connectivity index (χ3n) is 2.23. The maximum absolute atomic E-state index is 8.98. The van der Waals surface area contributed by atoms with Gasteiger partial charge < -0.3 is 10.4 Å². The zero-order valence-electron chi connectivity index (χ0n) is 9.53. The second kappa shape index (κ2) is 7.14. The van der Waals surface area contributed by atoms with Crippen molar-refractivity contribution in [3.8, 4) is 0 Å². The number of thioether (sulfide) groups is 1. The van der Waals surface area contributed by atoms with Gasteiger partial charge in [-0.25, -0.2) is 4.98 Å². The Bertz CT molecular complexity index is 330. The highest BCUT2D eigenvalue weighted by Crippen LogP contribution is 2.18. The normalized spacial score (nSPS) is 12.5. The summed E-state index contributed by atoms with van der Waals surface area (Å²) in [6.07, 6.45) is 4.59. The summed E-state index contributed by atoms with van der Waals surface area (Å²) in [6, 6.07) is 2.30. The number of halogens is 1. The van der Waals surface area contributed by atoms with Crippen LogP contribution in [-0.2, 0) is 0 Å². The van der Waals surface area contributed by atoms with E-state index in [1.54, 1.807) is 18.0 Å². The molecule has 1 unspecified atom stereocenters. The number of nitrogens with one attached hydrogen (secondary N) is 1. The molecule has 0 radical (unpaired) electrons. The molecule has 1 aromatic heterocycles. The average molecular weight is 305 g/mol. The van der Waals surface area contributed by atoms with Crippen LogP contribution in [-0.4, -0.2) is 34.7 Å². The first-order valence-electron chi connectivity index (χ1n) is 5.16. The summed E-state index contributed by atoms with van der Waals surface area (Å²) >= 11 is 5.16. The quantitative estimate of drug-likeness (QED) is 0.848. The molecular formula is C11H17BrN2OS. The van der Waals surface area contributed by atoms with Gasteiger partial charge in [-0.1, -0.05) is 0 Å². The molecule has 0 saturated heterocycles. The van der Waals surface area contributed by atoms with Gasteiger partial charge in [-0.3, -0.25) is 0 Å². The fraction of sp³-hybridized carbons (Fsp3) is 0.545. The van der Waals surface area contributed by atoms with Crippen LogP contribution in [0, 0.1) is 6.92 Å². The Kier molecular flexibility index (Phi) is 6.16. The van der Waals surface area contributed by atoms with E-state index in [0.29, 0.717) is 0 Å². The molecule has 0 aromatic carbocycles. The second-order valence-corrected chi connectivity index (χ2v) is 5.45. The number of aromatic nitrogens is 1. The number of nitrogens with zero attached hydrogens (tertiary/aromatic N) is 1. The van der Waals surface area contributed by atoms with Crippen LogP contribution in [0.5, 0.6) is 0 Å². The van der Waals surface area contributed by atoms with Crippen molar-refractivity contribution in [1.82, 2.24) is 4.98 Å². The topological polar surface area (TPSA) is 45.1 Å². The van der Waals surface area contributed by atoms with Gasteiger partial charge in [0.15, 0.2) is 0 Å². The lowest BCUT2D eigenvalue weighted by Crippen LogP contribution is -2.24. The first-order chi connectivity index (χ1) is 7.67. The molecule has 0 aliphatic carbocycles. The standard InChI is InChI=1S/C11H17BrN2OS/c1-8-5-9(12)6-13-11(8)14-10(3-4-15)7-16-2/h5-6,10,15H,3-4,7H2,1-2H3,(H,13,14). The predicted molar refractivity (Wildman–Crippen MR) is 74.2 cm³/mol. The number of pyridine rings is 1. The molecule has 0 bridgehead atoms. The number of aliphatic hydroxyl groups is 1. The third kappa shape index (κ3) is 4.31. The van der Waals surface area contributed by atoms with Gasteiger partial charge in [-0.05, 0) is 47.2 Å². The van der Waals surface area contributed by atoms with E-state index < -0.39 is 0 Å². The van der Waals surface area contributed by atoms with Crippen LogP contribution in [0.1, 0.15) is 12.0 Å². The largest absolute Gasteiger partial charge is 0.396 e. The molecule has 2 N–H and O–H groups in total. The number of rotatable bonds is 6. The lowest BCUT2D eigenvalue weighted by Gasteiger charge is -2.18. The molecule has 0 fully saturated rings. The first-order valence-corrected chi connectivity index (χ1v) is 7.34. The Labute approximate surface area is 109 Å². The molecule has 3 nitrogen and oxygen atoms in total. The number of hydrogen-bond acceptors (Lipinski definition) is 4. The van der Waals surface area contributed by atoms with Crippen molar-refractivity contribution in [2.45, 2.75) is 19.4 Å². The van der Waals surface area contributed by atoms with E-state index in [-0.39, 0.29) is 12.6 Å². The van der Waals surface area contributed by atoms with Gasteiger partial charge in [0.05, 0.1) is 0 Å². The fourth-order valence-corrected chi connectivity index (χ4v) is 2.54. The maximum Gasteiger partial charge on any atom is 0.129 e. The summed E-state index contributed by atoms with van der Waals surface area (Å²) in [4.78, 5) is 4.33. The summed E-state index contributed by atoms with van der Waals surface area (Å²) in [5, 5.41) is 12.3. The van der Waals surface area contributed by atoms with E-state index in [1.807, 2.05) is 13.0 Å². The first kappa shape index (κ1) is 13.8. The lowest BCUT2D eigenvalue weighted by molar-refractivity contribution is 0.282. The van der Waals surface area contributed by atoms with E-state index in [1.165, 1.54) is 0 Å². The number of hydrogen-bond donors (Lipinski definition) is 2. The minimum Gasteiger partial charge on any atom is -0.396 e. The van der Waals surface area contributed by atoms with Crippen molar-refractivity contribution < 1.29 is 5.11 Å². The molecule has 0 saturated carbocycles. The molecule has 0 aliphatic rings. The van der Waals surface area contributed by atoms with Crippen molar-refractivity contribution in [2.24, 2.45) is 0 Å². The lowest BCUT2D eigenvalue weighted by atomic mass is 10.2. The zero-order valence-corrected chi connectivity index (χ0v) is 11.9.